The molecule has 2 atom stereocenters. The lowest BCUT2D eigenvalue weighted by molar-refractivity contribution is -0.139. The Morgan fingerprint density at radius 1 is 1.02 bits per heavy atom. The first kappa shape index (κ1) is 30.0. The number of H-pyrrole nitrogens is 1. The van der Waals surface area contributed by atoms with Gasteiger partial charge in [-0.05, 0) is 77.4 Å². The van der Waals surface area contributed by atoms with Gasteiger partial charge in [0.1, 0.15) is 23.5 Å². The summed E-state index contributed by atoms with van der Waals surface area (Å²) in [4.78, 5) is 32.5. The Morgan fingerprint density at radius 2 is 1.71 bits per heavy atom. The zero-order chi connectivity index (χ0) is 29.2. The predicted molar refractivity (Wildman–Crippen MR) is 154 cm³/mol. The van der Waals surface area contributed by atoms with E-state index in [1.165, 1.54) is 36.0 Å². The molecule has 0 aliphatic rings. The zero-order valence-electron chi connectivity index (χ0n) is 22.5. The van der Waals surface area contributed by atoms with Gasteiger partial charge in [-0.1, -0.05) is 36.4 Å². The van der Waals surface area contributed by atoms with Crippen molar-refractivity contribution >= 4 is 23.6 Å². The summed E-state index contributed by atoms with van der Waals surface area (Å²) in [6.07, 6.45) is 5.84. The quantitative estimate of drug-likeness (QED) is 0.177. The van der Waals surface area contributed by atoms with E-state index in [9.17, 15) is 23.5 Å². The molecule has 0 saturated heterocycles. The van der Waals surface area contributed by atoms with Gasteiger partial charge in [0.15, 0.2) is 0 Å². The molecule has 3 aromatic carbocycles. The minimum absolute atomic E-state index is 0.134. The second-order valence-electron chi connectivity index (χ2n) is 9.53. The Morgan fingerprint density at radius 3 is 2.34 bits per heavy atom. The number of aliphatic carboxylic acids is 1. The molecular formula is C31H31F2N3O4S. The molecule has 0 bridgehead atoms. The highest BCUT2D eigenvalue weighted by Gasteiger charge is 2.23. The van der Waals surface area contributed by atoms with Crippen molar-refractivity contribution in [3.63, 3.8) is 0 Å². The van der Waals surface area contributed by atoms with Crippen molar-refractivity contribution in [2.75, 3.05) is 12.0 Å². The Hall–Kier alpha value is -4.02. The van der Waals surface area contributed by atoms with Crippen LogP contribution in [0.15, 0.2) is 79.1 Å². The molecule has 1 unspecified atom stereocenters. The van der Waals surface area contributed by atoms with E-state index in [2.05, 4.69) is 15.3 Å². The number of thioether (sulfide) groups is 1. The number of ether oxygens (including phenoxy) is 1. The van der Waals surface area contributed by atoms with Crippen LogP contribution in [0.5, 0.6) is 0 Å². The lowest BCUT2D eigenvalue weighted by Crippen LogP contribution is -2.41. The molecule has 0 saturated carbocycles. The normalized spacial score (nSPS) is 12.6. The van der Waals surface area contributed by atoms with Crippen molar-refractivity contribution in [3.8, 4) is 0 Å². The first-order chi connectivity index (χ1) is 19.8. The molecule has 10 heteroatoms. The molecule has 0 spiro atoms. The second-order valence-corrected chi connectivity index (χ2v) is 10.5. The summed E-state index contributed by atoms with van der Waals surface area (Å²) < 4.78 is 33.3. The molecule has 0 aliphatic carbocycles. The van der Waals surface area contributed by atoms with Gasteiger partial charge in [-0.3, -0.25) is 4.79 Å². The molecule has 7 nitrogen and oxygen atoms in total. The van der Waals surface area contributed by atoms with E-state index in [0.29, 0.717) is 41.1 Å². The third-order valence-electron chi connectivity index (χ3n) is 6.57. The first-order valence-electron chi connectivity index (χ1n) is 13.1. The molecule has 0 aliphatic heterocycles. The summed E-state index contributed by atoms with van der Waals surface area (Å²) >= 11 is 1.50. The van der Waals surface area contributed by atoms with Crippen LogP contribution < -0.4 is 5.32 Å². The maximum absolute atomic E-state index is 13.6. The van der Waals surface area contributed by atoms with E-state index in [1.807, 2.05) is 12.3 Å². The summed E-state index contributed by atoms with van der Waals surface area (Å²) in [7, 11) is 0. The average molecular weight is 580 g/mol. The summed E-state index contributed by atoms with van der Waals surface area (Å²) in [5.74, 6) is -1.04. The minimum atomic E-state index is -1.10. The van der Waals surface area contributed by atoms with Gasteiger partial charge >= 0.3 is 5.97 Å². The van der Waals surface area contributed by atoms with Crippen molar-refractivity contribution in [3.05, 3.63) is 124 Å². The topological polar surface area (TPSA) is 104 Å². The van der Waals surface area contributed by atoms with Gasteiger partial charge in [0.05, 0.1) is 12.7 Å². The van der Waals surface area contributed by atoms with E-state index >= 15 is 0 Å². The van der Waals surface area contributed by atoms with Gasteiger partial charge < -0.3 is 20.1 Å². The highest BCUT2D eigenvalue weighted by Crippen LogP contribution is 2.25. The van der Waals surface area contributed by atoms with Crippen molar-refractivity contribution in [2.24, 2.45) is 0 Å². The second kappa shape index (κ2) is 14.6. The number of nitrogens with one attached hydrogen (secondary N) is 2. The number of imidazole rings is 1. The third-order valence-corrected chi connectivity index (χ3v) is 7.21. The van der Waals surface area contributed by atoms with E-state index in [1.54, 1.807) is 48.8 Å². The highest BCUT2D eigenvalue weighted by atomic mass is 32.2. The predicted octanol–water partition coefficient (Wildman–Crippen LogP) is 5.72. The number of amides is 1. The van der Waals surface area contributed by atoms with Crippen LogP contribution in [0, 0.1) is 11.6 Å². The number of benzene rings is 3. The molecule has 1 heterocycles. The van der Waals surface area contributed by atoms with E-state index < -0.39 is 24.0 Å². The SMILES string of the molecule is CSCC[C@H](NC(=O)c1cc(COC(Cc2ncc[nH]2)c2ccc(F)cc2)ccc1Cc1ccc(F)cc1)C(=O)O. The van der Waals surface area contributed by atoms with E-state index in [4.69, 9.17) is 4.74 Å². The number of nitrogens with zero attached hydrogens (tertiary/aromatic N) is 1. The van der Waals surface area contributed by atoms with Crippen LogP contribution in [0.2, 0.25) is 0 Å². The number of hydrogen-bond donors (Lipinski definition) is 3. The molecule has 0 radical (unpaired) electrons. The van der Waals surface area contributed by atoms with Gasteiger partial charge in [-0.2, -0.15) is 11.8 Å². The molecule has 214 valence electrons. The maximum Gasteiger partial charge on any atom is 0.326 e. The van der Waals surface area contributed by atoms with Crippen LogP contribution in [0.4, 0.5) is 8.78 Å². The molecule has 41 heavy (non-hydrogen) atoms. The standard InChI is InChI=1S/C31H31F2N3O4S/c1-41-15-12-27(31(38)39)36-30(37)26-17-21(2-5-23(26)16-20-3-8-24(32)9-4-20)19-40-28(18-29-34-13-14-35-29)22-6-10-25(33)11-7-22/h2-11,13-14,17,27-28H,12,15-16,18-19H2,1H3,(H,34,35)(H,36,37)(H,38,39)/t27-,28?/m0/s1. The van der Waals surface area contributed by atoms with Crippen LogP contribution in [0.25, 0.3) is 0 Å². The number of carbonyl (C=O) groups excluding carboxylic acids is 1. The summed E-state index contributed by atoms with van der Waals surface area (Å²) in [6.45, 7) is 0.134. The van der Waals surface area contributed by atoms with Gasteiger partial charge in [0.2, 0.25) is 0 Å². The van der Waals surface area contributed by atoms with Gasteiger partial charge in [-0.15, -0.1) is 0 Å². The Balaban J connectivity index is 1.59. The molecule has 4 rings (SSSR count). The van der Waals surface area contributed by atoms with Crippen molar-refractivity contribution in [2.45, 2.75) is 38.0 Å². The highest BCUT2D eigenvalue weighted by molar-refractivity contribution is 7.98. The summed E-state index contributed by atoms with van der Waals surface area (Å²) in [5, 5.41) is 12.3. The first-order valence-corrected chi connectivity index (χ1v) is 14.5. The molecular weight excluding hydrogens is 548 g/mol. The number of hydrogen-bond acceptors (Lipinski definition) is 5. The fourth-order valence-corrected chi connectivity index (χ4v) is 4.83. The average Bonchev–Trinajstić information content (AvgIpc) is 3.48. The Kier molecular flexibility index (Phi) is 10.6. The van der Waals surface area contributed by atoms with Gasteiger partial charge in [-0.25, -0.2) is 18.6 Å². The Labute approximate surface area is 241 Å². The number of carbonyl (C=O) groups is 2. The molecule has 3 N–H and O–H groups in total. The monoisotopic (exact) mass is 579 g/mol. The number of carboxylic acids is 1. The number of aromatic nitrogens is 2. The van der Waals surface area contributed by atoms with Crippen molar-refractivity contribution in [1.82, 2.24) is 15.3 Å². The van der Waals surface area contributed by atoms with Crippen molar-refractivity contribution < 1.29 is 28.2 Å². The van der Waals surface area contributed by atoms with Crippen molar-refractivity contribution in [1.29, 1.82) is 0 Å². The lowest BCUT2D eigenvalue weighted by Gasteiger charge is -2.19. The maximum atomic E-state index is 13.6. The summed E-state index contributed by atoms with van der Waals surface area (Å²) in [5.41, 5.74) is 3.25. The van der Waals surface area contributed by atoms with E-state index in [0.717, 1.165) is 11.1 Å². The smallest absolute Gasteiger partial charge is 0.326 e. The zero-order valence-corrected chi connectivity index (χ0v) is 23.3. The Bertz CT molecular complexity index is 1430. The van der Waals surface area contributed by atoms with Crippen LogP contribution in [-0.4, -0.2) is 45.0 Å². The van der Waals surface area contributed by atoms with Crippen LogP contribution in [0.1, 0.15) is 51.0 Å². The lowest BCUT2D eigenvalue weighted by atomic mass is 9.96. The summed E-state index contributed by atoms with van der Waals surface area (Å²) in [6, 6.07) is 16.4. The number of carboxylic acid groups (broad SMARTS) is 1. The van der Waals surface area contributed by atoms with Crippen LogP contribution in [-0.2, 0) is 29.0 Å². The number of rotatable bonds is 14. The van der Waals surface area contributed by atoms with Crippen LogP contribution in [0.3, 0.4) is 0 Å². The molecule has 1 aromatic heterocycles. The van der Waals surface area contributed by atoms with Gasteiger partial charge in [0, 0.05) is 24.4 Å². The van der Waals surface area contributed by atoms with Crippen LogP contribution >= 0.6 is 11.8 Å². The molecule has 1 amide bonds. The number of aromatic amines is 1. The minimum Gasteiger partial charge on any atom is -0.480 e. The van der Waals surface area contributed by atoms with E-state index in [-0.39, 0.29) is 24.7 Å². The van der Waals surface area contributed by atoms with Gasteiger partial charge in [0.25, 0.3) is 5.91 Å². The third kappa shape index (κ3) is 8.73. The molecule has 0 fully saturated rings. The molecule has 4 aromatic rings. The number of halogens is 2. The fraction of sp³-hybridized carbons (Fsp3) is 0.258. The fourth-order valence-electron chi connectivity index (χ4n) is 4.36. The largest absolute Gasteiger partial charge is 0.480 e.